The minimum absolute atomic E-state index is 0.00687. The van der Waals surface area contributed by atoms with Crippen LogP contribution in [-0.4, -0.2) is 59.2 Å². The van der Waals surface area contributed by atoms with E-state index < -0.39 is 60.6 Å². The smallest absolute Gasteiger partial charge is 0.475 e. The van der Waals surface area contributed by atoms with Gasteiger partial charge in [0.1, 0.15) is 48.1 Å². The molecule has 1 saturated carbocycles. The van der Waals surface area contributed by atoms with Gasteiger partial charge in [0.15, 0.2) is 8.32 Å². The molecule has 0 saturated heterocycles. The van der Waals surface area contributed by atoms with Gasteiger partial charge in [0.25, 0.3) is 0 Å². The second-order valence-electron chi connectivity index (χ2n) is 20.9. The summed E-state index contributed by atoms with van der Waals surface area (Å²) in [6.07, 6.45) is -7.81. The van der Waals surface area contributed by atoms with Gasteiger partial charge in [-0.1, -0.05) is 197 Å². The second-order valence-corrected chi connectivity index (χ2v) is 28.9. The van der Waals surface area contributed by atoms with E-state index in [4.69, 9.17) is 55.3 Å². The fraction of sp³-hybridized carbons (Fsp3) is 0.333. The molecule has 0 amide bonds. The Morgan fingerprint density at radius 1 is 0.350 bits per heavy atom. The van der Waals surface area contributed by atoms with Gasteiger partial charge in [-0.05, 0) is 81.3 Å². The van der Waals surface area contributed by atoms with Gasteiger partial charge in [0.2, 0.25) is 0 Å². The van der Waals surface area contributed by atoms with Gasteiger partial charge in [-0.2, -0.15) is 0 Å². The molecule has 1 aliphatic carbocycles. The highest BCUT2D eigenvalue weighted by atomic mass is 31.2. The highest BCUT2D eigenvalue weighted by Gasteiger charge is 2.60. The summed E-state index contributed by atoms with van der Waals surface area (Å²) in [4.78, 5) is 0. The molecule has 6 atom stereocenters. The zero-order chi connectivity index (χ0) is 56.4. The molecule has 14 nitrogen and oxygen atoms in total. The number of hydrogen-bond donors (Lipinski definition) is 0. The third-order valence-corrected chi connectivity index (χ3v) is 21.4. The van der Waals surface area contributed by atoms with Crippen molar-refractivity contribution >= 4 is 24.0 Å². The average Bonchev–Trinajstić information content (AvgIpc) is 3.51. The van der Waals surface area contributed by atoms with Crippen LogP contribution in [0.25, 0.3) is 0 Å². The predicted octanol–water partition coefficient (Wildman–Crippen LogP) is 15.0. The molecule has 0 heterocycles. The zero-order valence-electron chi connectivity index (χ0n) is 46.6. The lowest BCUT2D eigenvalue weighted by molar-refractivity contribution is -0.253. The minimum atomic E-state index is -4.75. The number of benzene rings is 7. The molecule has 1 aliphatic rings. The van der Waals surface area contributed by atoms with E-state index in [2.05, 4.69) is 33.9 Å². The van der Waals surface area contributed by atoms with Gasteiger partial charge >= 0.3 is 15.6 Å². The molecule has 424 valence electrons. The van der Waals surface area contributed by atoms with Crippen molar-refractivity contribution in [1.82, 2.24) is 0 Å². The molecule has 0 unspecified atom stereocenters. The standard InChI is InChI=1S/C63H74O14P2Si/c1-63(2,3)80(6,7)77-62-58(69-41-48-23-13-8-14-24-48)60(75-78(64,71-44-49-25-15-9-16-26-49)72-45-50-27-17-10-18-28-50)57(68-42-53-33-37-55(66-4)38-34-53)61(59(62)70-43-54-35-39-56(67-5)40-36-54)76-79(65,73-46-51-29-19-11-20-30-51)74-47-52-31-21-12-22-32-52/h8-40,57-62H,41-47H2,1-7H3/t57-,58-,59-,60-,61+,62-/m1/s1. The molecule has 0 aliphatic heterocycles. The van der Waals surface area contributed by atoms with E-state index in [-0.39, 0.29) is 51.3 Å². The number of methoxy groups -OCH3 is 2. The van der Waals surface area contributed by atoms with Crippen LogP contribution in [0.2, 0.25) is 18.1 Å². The molecule has 1 fully saturated rings. The molecule has 80 heavy (non-hydrogen) atoms. The molecule has 0 bridgehead atoms. The number of phosphoric ester groups is 2. The van der Waals surface area contributed by atoms with E-state index in [1.165, 1.54) is 0 Å². The zero-order valence-corrected chi connectivity index (χ0v) is 49.4. The second kappa shape index (κ2) is 28.9. The number of phosphoric acid groups is 2. The Kier molecular flexibility index (Phi) is 21.9. The van der Waals surface area contributed by atoms with Crippen LogP contribution in [0.15, 0.2) is 200 Å². The summed E-state index contributed by atoms with van der Waals surface area (Å²) in [5, 5.41) is -0.383. The molecule has 17 heteroatoms. The summed E-state index contributed by atoms with van der Waals surface area (Å²) in [6.45, 7) is 9.99. The SMILES string of the molecule is COc1ccc(CO[C@@H]2[C@@H](OP(=O)(OCc3ccccc3)OCc3ccccc3)[C@@H](OCc3ccccc3)[C@@H](O[Si](C)(C)C(C)(C)C)[C@H](OCc3ccc(OC)cc3)[C@H]2OP(=O)(OCc2ccccc2)OCc2ccccc2)cc1. The summed E-state index contributed by atoms with van der Waals surface area (Å²) < 4.78 is 112. The summed E-state index contributed by atoms with van der Waals surface area (Å²) in [5.74, 6) is 1.30. The maximum Gasteiger partial charge on any atom is 0.475 e. The van der Waals surface area contributed by atoms with Gasteiger partial charge in [-0.25, -0.2) is 9.13 Å². The first-order chi connectivity index (χ1) is 38.6. The summed E-state index contributed by atoms with van der Waals surface area (Å²) in [6, 6.07) is 61.8. The third-order valence-electron chi connectivity index (χ3n) is 14.1. The Morgan fingerprint density at radius 2 is 0.600 bits per heavy atom. The predicted molar refractivity (Wildman–Crippen MR) is 310 cm³/mol. The average molecular weight is 1150 g/mol. The number of hydrogen-bond acceptors (Lipinski definition) is 14. The fourth-order valence-electron chi connectivity index (χ4n) is 8.58. The van der Waals surface area contributed by atoms with Gasteiger partial charge in [0.05, 0.1) is 60.5 Å². The van der Waals surface area contributed by atoms with Gasteiger partial charge in [-0.15, -0.1) is 0 Å². The van der Waals surface area contributed by atoms with Crippen molar-refractivity contribution in [2.24, 2.45) is 0 Å². The quantitative estimate of drug-likeness (QED) is 0.0324. The molecule has 0 radical (unpaired) electrons. The molecule has 7 aromatic rings. The topological polar surface area (TPSA) is 145 Å². The third kappa shape index (κ3) is 17.5. The number of rotatable bonds is 29. The molecule has 0 spiro atoms. The van der Waals surface area contributed by atoms with E-state index in [0.29, 0.717) is 33.8 Å². The Hall–Kier alpha value is -5.58. The monoisotopic (exact) mass is 1140 g/mol. The van der Waals surface area contributed by atoms with Crippen molar-refractivity contribution in [1.29, 1.82) is 0 Å². The molecular weight excluding hydrogens is 1070 g/mol. The van der Waals surface area contributed by atoms with Crippen molar-refractivity contribution < 1.29 is 64.4 Å². The van der Waals surface area contributed by atoms with Gasteiger partial charge < -0.3 is 28.1 Å². The van der Waals surface area contributed by atoms with Crippen molar-refractivity contribution in [3.8, 4) is 11.5 Å². The van der Waals surface area contributed by atoms with E-state index in [1.807, 2.05) is 200 Å². The first-order valence-electron chi connectivity index (χ1n) is 26.7. The van der Waals surface area contributed by atoms with Crippen LogP contribution >= 0.6 is 15.6 Å². The highest BCUT2D eigenvalue weighted by Crippen LogP contribution is 2.58. The van der Waals surface area contributed by atoms with Crippen molar-refractivity contribution in [2.45, 2.75) is 122 Å². The normalized spacial score (nSPS) is 18.9. The minimum Gasteiger partial charge on any atom is -0.497 e. The van der Waals surface area contributed by atoms with Crippen molar-refractivity contribution in [2.75, 3.05) is 14.2 Å². The van der Waals surface area contributed by atoms with E-state index in [9.17, 15) is 0 Å². The Bertz CT molecular complexity index is 2910. The maximum atomic E-state index is 16.0. The van der Waals surface area contributed by atoms with E-state index in [1.54, 1.807) is 14.2 Å². The summed E-state index contributed by atoms with van der Waals surface area (Å²) in [7, 11) is -9.21. The lowest BCUT2D eigenvalue weighted by Crippen LogP contribution is -2.69. The van der Waals surface area contributed by atoms with Gasteiger partial charge in [-0.3, -0.25) is 27.1 Å². The number of ether oxygens (including phenoxy) is 5. The fourth-order valence-corrected chi connectivity index (χ4v) is 12.6. The molecule has 7 aromatic carbocycles. The van der Waals surface area contributed by atoms with Crippen molar-refractivity contribution in [3.05, 3.63) is 239 Å². The maximum absolute atomic E-state index is 16.0. The first kappa shape index (κ1) is 60.5. The van der Waals surface area contributed by atoms with Crippen LogP contribution in [-0.2, 0) is 101 Å². The van der Waals surface area contributed by atoms with Crippen LogP contribution in [0.3, 0.4) is 0 Å². The Morgan fingerprint density at radius 3 is 0.863 bits per heavy atom. The van der Waals surface area contributed by atoms with Crippen LogP contribution in [0.5, 0.6) is 11.5 Å². The van der Waals surface area contributed by atoms with E-state index >= 15 is 9.13 Å². The van der Waals surface area contributed by atoms with Crippen LogP contribution < -0.4 is 9.47 Å². The van der Waals surface area contributed by atoms with Crippen LogP contribution in [0.1, 0.15) is 59.7 Å². The van der Waals surface area contributed by atoms with Crippen LogP contribution in [0, 0.1) is 0 Å². The summed E-state index contributed by atoms with van der Waals surface area (Å²) in [5.41, 5.74) is 5.20. The Labute approximate surface area is 472 Å². The molecule has 0 aromatic heterocycles. The first-order valence-corrected chi connectivity index (χ1v) is 32.6. The summed E-state index contributed by atoms with van der Waals surface area (Å²) >= 11 is 0. The highest BCUT2D eigenvalue weighted by molar-refractivity contribution is 7.48. The molecular formula is C63H74O14P2Si. The molecule has 0 N–H and O–H groups in total. The van der Waals surface area contributed by atoms with E-state index in [0.717, 1.165) is 16.7 Å². The van der Waals surface area contributed by atoms with Crippen molar-refractivity contribution in [3.63, 3.8) is 0 Å². The Balaban J connectivity index is 1.33. The molecule has 8 rings (SSSR count). The lowest BCUT2D eigenvalue weighted by Gasteiger charge is -2.52. The van der Waals surface area contributed by atoms with Gasteiger partial charge in [0, 0.05) is 0 Å². The van der Waals surface area contributed by atoms with Crippen LogP contribution in [0.4, 0.5) is 0 Å². The lowest BCUT2D eigenvalue weighted by atomic mass is 9.84. The largest absolute Gasteiger partial charge is 0.497 e.